The van der Waals surface area contributed by atoms with E-state index >= 15 is 0 Å². The van der Waals surface area contributed by atoms with Crippen LogP contribution in [-0.4, -0.2) is 20.2 Å². The molecule has 0 aliphatic heterocycles. The molecule has 88 valence electrons. The predicted octanol–water partition coefficient (Wildman–Crippen LogP) is 2.66. The normalized spacial score (nSPS) is 18.2. The van der Waals surface area contributed by atoms with Gasteiger partial charge in [0.05, 0.1) is 7.11 Å². The highest BCUT2D eigenvalue weighted by Crippen LogP contribution is 2.23. The van der Waals surface area contributed by atoms with Crippen LogP contribution >= 0.6 is 12.4 Å². The number of rotatable bonds is 2. The van der Waals surface area contributed by atoms with Crippen LogP contribution in [0.25, 0.3) is 6.08 Å². The third kappa shape index (κ3) is 2.77. The Kier molecular flexibility index (Phi) is 4.84. The Balaban J connectivity index is 0.00000128. The fourth-order valence-electron chi connectivity index (χ4n) is 1.95. The summed E-state index contributed by atoms with van der Waals surface area (Å²) in [5.74, 6) is 0.932. The molecule has 1 aromatic rings. The molecular weight excluding hydrogens is 222 g/mol. The van der Waals surface area contributed by atoms with E-state index in [1.165, 1.54) is 11.1 Å². The molecule has 0 heterocycles. The van der Waals surface area contributed by atoms with Gasteiger partial charge in [0.15, 0.2) is 0 Å². The fourth-order valence-corrected chi connectivity index (χ4v) is 1.95. The van der Waals surface area contributed by atoms with E-state index in [4.69, 9.17) is 4.74 Å². The highest BCUT2D eigenvalue weighted by molar-refractivity contribution is 5.85. The largest absolute Gasteiger partial charge is 0.497 e. The topological polar surface area (TPSA) is 21.3 Å². The summed E-state index contributed by atoms with van der Waals surface area (Å²) >= 11 is 0. The summed E-state index contributed by atoms with van der Waals surface area (Å²) in [5.41, 5.74) is 2.69. The molecule has 0 spiro atoms. The van der Waals surface area contributed by atoms with E-state index in [0.29, 0.717) is 6.04 Å². The van der Waals surface area contributed by atoms with Crippen molar-refractivity contribution in [3.8, 4) is 5.75 Å². The molecule has 0 saturated carbocycles. The number of benzene rings is 1. The Morgan fingerprint density at radius 3 is 2.88 bits per heavy atom. The molecule has 1 aromatic carbocycles. The van der Waals surface area contributed by atoms with Crippen LogP contribution in [-0.2, 0) is 6.42 Å². The van der Waals surface area contributed by atoms with Crippen LogP contribution in [0.1, 0.15) is 17.5 Å². The second kappa shape index (κ2) is 5.92. The van der Waals surface area contributed by atoms with E-state index < -0.39 is 0 Å². The number of nitrogens with one attached hydrogen (secondary N) is 1. The van der Waals surface area contributed by atoms with E-state index in [0.717, 1.165) is 18.6 Å². The van der Waals surface area contributed by atoms with Crippen molar-refractivity contribution in [2.45, 2.75) is 18.9 Å². The van der Waals surface area contributed by atoms with Gasteiger partial charge in [-0.2, -0.15) is 0 Å². The number of hydrogen-bond donors (Lipinski definition) is 1. The molecule has 2 nitrogen and oxygen atoms in total. The summed E-state index contributed by atoms with van der Waals surface area (Å²) in [6, 6.07) is 6.79. The first kappa shape index (κ1) is 13.1. The summed E-state index contributed by atoms with van der Waals surface area (Å²) in [6.07, 6.45) is 6.70. The zero-order chi connectivity index (χ0) is 10.7. The summed E-state index contributed by atoms with van der Waals surface area (Å²) in [7, 11) is 3.71. The summed E-state index contributed by atoms with van der Waals surface area (Å²) in [6.45, 7) is 0. The van der Waals surface area contributed by atoms with Crippen LogP contribution in [0.3, 0.4) is 0 Å². The van der Waals surface area contributed by atoms with Gasteiger partial charge in [-0.05, 0) is 43.1 Å². The van der Waals surface area contributed by atoms with Crippen molar-refractivity contribution in [2.75, 3.05) is 14.2 Å². The maximum atomic E-state index is 5.22. The van der Waals surface area contributed by atoms with Gasteiger partial charge in [-0.1, -0.05) is 18.2 Å². The van der Waals surface area contributed by atoms with Gasteiger partial charge in [-0.3, -0.25) is 0 Å². The minimum absolute atomic E-state index is 0. The van der Waals surface area contributed by atoms with Crippen molar-refractivity contribution < 1.29 is 4.74 Å². The second-order valence-corrected chi connectivity index (χ2v) is 3.86. The van der Waals surface area contributed by atoms with Gasteiger partial charge in [0.1, 0.15) is 5.75 Å². The van der Waals surface area contributed by atoms with E-state index in [2.05, 4.69) is 29.6 Å². The zero-order valence-corrected chi connectivity index (χ0v) is 10.5. The van der Waals surface area contributed by atoms with Gasteiger partial charge in [0, 0.05) is 6.04 Å². The van der Waals surface area contributed by atoms with Crippen LogP contribution in [0.5, 0.6) is 5.75 Å². The van der Waals surface area contributed by atoms with Crippen molar-refractivity contribution in [3.63, 3.8) is 0 Å². The average Bonchev–Trinajstić information content (AvgIpc) is 2.50. The minimum Gasteiger partial charge on any atom is -0.497 e. The Labute approximate surface area is 103 Å². The van der Waals surface area contributed by atoms with Crippen molar-refractivity contribution in [1.82, 2.24) is 5.32 Å². The first-order chi connectivity index (χ1) is 7.33. The summed E-state index contributed by atoms with van der Waals surface area (Å²) in [4.78, 5) is 0. The molecule has 16 heavy (non-hydrogen) atoms. The second-order valence-electron chi connectivity index (χ2n) is 3.86. The molecular formula is C13H18ClNO. The Bertz CT molecular complexity index is 376. The lowest BCUT2D eigenvalue weighted by molar-refractivity contribution is 0.414. The van der Waals surface area contributed by atoms with Gasteiger partial charge in [-0.15, -0.1) is 12.4 Å². The van der Waals surface area contributed by atoms with E-state index in [9.17, 15) is 0 Å². The van der Waals surface area contributed by atoms with E-state index in [-0.39, 0.29) is 12.4 Å². The lowest BCUT2D eigenvalue weighted by atomic mass is 10.0. The SMILES string of the molecule is CNC1C=Cc2cc(OC)ccc2CC1.Cl. The first-order valence-corrected chi connectivity index (χ1v) is 5.36. The monoisotopic (exact) mass is 239 g/mol. The highest BCUT2D eigenvalue weighted by Gasteiger charge is 2.10. The molecule has 1 aliphatic rings. The molecule has 1 unspecified atom stereocenters. The molecule has 0 aromatic heterocycles. The van der Waals surface area contributed by atoms with E-state index in [1.54, 1.807) is 7.11 Å². The number of methoxy groups -OCH3 is 1. The number of aryl methyl sites for hydroxylation is 1. The maximum absolute atomic E-state index is 5.22. The third-order valence-corrected chi connectivity index (χ3v) is 2.96. The molecule has 1 N–H and O–H groups in total. The van der Waals surface area contributed by atoms with Gasteiger partial charge in [-0.25, -0.2) is 0 Å². The number of halogens is 1. The van der Waals surface area contributed by atoms with Crippen LogP contribution in [0.15, 0.2) is 24.3 Å². The predicted molar refractivity (Wildman–Crippen MR) is 70.4 cm³/mol. The molecule has 1 atom stereocenters. The third-order valence-electron chi connectivity index (χ3n) is 2.96. The number of likely N-dealkylation sites (N-methyl/N-ethyl adjacent to an activating group) is 1. The van der Waals surface area contributed by atoms with Crippen LogP contribution < -0.4 is 10.1 Å². The molecule has 1 aliphatic carbocycles. The van der Waals surface area contributed by atoms with Gasteiger partial charge in [0.25, 0.3) is 0 Å². The van der Waals surface area contributed by atoms with Crippen molar-refractivity contribution in [3.05, 3.63) is 35.4 Å². The molecule has 3 heteroatoms. The van der Waals surface area contributed by atoms with Crippen LogP contribution in [0.2, 0.25) is 0 Å². The zero-order valence-electron chi connectivity index (χ0n) is 9.69. The lowest BCUT2D eigenvalue weighted by Gasteiger charge is -2.08. The van der Waals surface area contributed by atoms with Crippen LogP contribution in [0, 0.1) is 0 Å². The summed E-state index contributed by atoms with van der Waals surface area (Å²) in [5, 5.41) is 3.29. The quantitative estimate of drug-likeness (QED) is 0.857. The summed E-state index contributed by atoms with van der Waals surface area (Å²) < 4.78 is 5.22. The van der Waals surface area contributed by atoms with Crippen molar-refractivity contribution in [1.29, 1.82) is 0 Å². The minimum atomic E-state index is 0. The average molecular weight is 240 g/mol. The Hall–Kier alpha value is -0.990. The molecule has 2 rings (SSSR count). The number of hydrogen-bond acceptors (Lipinski definition) is 2. The molecule has 0 fully saturated rings. The smallest absolute Gasteiger partial charge is 0.119 e. The maximum Gasteiger partial charge on any atom is 0.119 e. The van der Waals surface area contributed by atoms with Crippen molar-refractivity contribution in [2.24, 2.45) is 0 Å². The lowest BCUT2D eigenvalue weighted by Crippen LogP contribution is -2.22. The number of fused-ring (bicyclic) bond motifs is 1. The molecule has 0 bridgehead atoms. The van der Waals surface area contributed by atoms with Gasteiger partial charge < -0.3 is 10.1 Å². The number of ether oxygens (including phenoxy) is 1. The van der Waals surface area contributed by atoms with Crippen molar-refractivity contribution >= 4 is 18.5 Å². The van der Waals surface area contributed by atoms with Gasteiger partial charge in [0.2, 0.25) is 0 Å². The highest BCUT2D eigenvalue weighted by atomic mass is 35.5. The Morgan fingerprint density at radius 1 is 1.38 bits per heavy atom. The Morgan fingerprint density at radius 2 is 2.19 bits per heavy atom. The molecule has 0 radical (unpaired) electrons. The van der Waals surface area contributed by atoms with Crippen LogP contribution in [0.4, 0.5) is 0 Å². The molecule has 0 saturated heterocycles. The molecule has 0 amide bonds. The fraction of sp³-hybridized carbons (Fsp3) is 0.385. The van der Waals surface area contributed by atoms with E-state index in [1.807, 2.05) is 13.1 Å². The van der Waals surface area contributed by atoms with Gasteiger partial charge >= 0.3 is 0 Å². The first-order valence-electron chi connectivity index (χ1n) is 5.36. The standard InChI is InChI=1S/C13H17NO.ClH/c1-14-12-6-3-10-5-8-13(15-2)9-11(10)4-7-12;/h4-5,7-9,12,14H,3,6H2,1-2H3;1H.